The molecule has 0 aromatic heterocycles. The van der Waals surface area contributed by atoms with E-state index in [9.17, 15) is 9.90 Å². The number of phenols is 1. The van der Waals surface area contributed by atoms with Crippen LogP contribution in [0.2, 0.25) is 0 Å². The minimum atomic E-state index is -1.15. The maximum Gasteiger partial charge on any atom is 0.339 e. The Kier molecular flexibility index (Phi) is 5.01. The molecule has 1 saturated carbocycles. The van der Waals surface area contributed by atoms with Crippen molar-refractivity contribution in [2.75, 3.05) is 0 Å². The average Bonchev–Trinajstić information content (AvgIpc) is 2.17. The molecule has 1 atom stereocenters. The third-order valence-corrected chi connectivity index (χ3v) is 3.81. The van der Waals surface area contributed by atoms with Gasteiger partial charge in [0.2, 0.25) is 0 Å². The molecule has 1 aliphatic carbocycles. The van der Waals surface area contributed by atoms with Gasteiger partial charge in [-0.1, -0.05) is 22.4 Å². The molecule has 0 radical (unpaired) electrons. The molecule has 0 spiro atoms. The lowest BCUT2D eigenvalue weighted by molar-refractivity contribution is 0.0693. The third kappa shape index (κ3) is 2.79. The molecule has 2 rings (SSSR count). The summed E-state index contributed by atoms with van der Waals surface area (Å²) >= 11 is 3.24. The summed E-state index contributed by atoms with van der Waals surface area (Å²) in [4.78, 5) is 11.0. The maximum absolute atomic E-state index is 11.0. The highest BCUT2D eigenvalue weighted by molar-refractivity contribution is 9.10. The predicted molar refractivity (Wildman–Crippen MR) is 74.3 cm³/mol. The molecule has 0 bridgehead atoms. The summed E-state index contributed by atoms with van der Waals surface area (Å²) < 4.78 is 0.623. The quantitative estimate of drug-likeness (QED) is 0.792. The van der Waals surface area contributed by atoms with Gasteiger partial charge in [-0.3, -0.25) is 0 Å². The number of hydrogen-bond acceptors (Lipinski definition) is 3. The van der Waals surface area contributed by atoms with Gasteiger partial charge >= 0.3 is 5.97 Å². The summed E-state index contributed by atoms with van der Waals surface area (Å²) in [6, 6.07) is 2.79. The van der Waals surface area contributed by atoms with E-state index in [2.05, 4.69) is 15.9 Å². The number of rotatable bonds is 3. The van der Waals surface area contributed by atoms with E-state index < -0.39 is 5.97 Å². The molecule has 100 valence electrons. The maximum atomic E-state index is 11.0. The van der Waals surface area contributed by atoms with Gasteiger partial charge in [0, 0.05) is 16.1 Å². The van der Waals surface area contributed by atoms with Gasteiger partial charge in [0.25, 0.3) is 0 Å². The summed E-state index contributed by atoms with van der Waals surface area (Å²) in [5.74, 6) is -1.01. The minimum Gasteiger partial charge on any atom is -0.507 e. The Morgan fingerprint density at radius 1 is 1.44 bits per heavy atom. The van der Waals surface area contributed by atoms with E-state index >= 15 is 0 Å². The molecule has 1 aliphatic rings. The Balaban J connectivity index is 0.00000162. The van der Waals surface area contributed by atoms with Gasteiger partial charge in [-0.05, 0) is 30.9 Å². The van der Waals surface area contributed by atoms with Crippen molar-refractivity contribution in [1.29, 1.82) is 0 Å². The molecule has 0 aliphatic heterocycles. The van der Waals surface area contributed by atoms with Gasteiger partial charge in [-0.2, -0.15) is 0 Å². The molecule has 0 saturated heterocycles. The zero-order valence-electron chi connectivity index (χ0n) is 9.60. The predicted octanol–water partition coefficient (Wildman–Crippen LogP) is 3.07. The standard InChI is InChI=1S/C12H14BrNO3.ClH/c13-7-4-8(10(14)6-2-1-3-6)11(15)9(5-7)12(16)17;/h4-6,10,15H,1-3,14H2,(H,16,17);1H/t10-;/m1./s1. The molecule has 1 aromatic carbocycles. The fourth-order valence-electron chi connectivity index (χ4n) is 2.09. The van der Waals surface area contributed by atoms with Gasteiger partial charge < -0.3 is 15.9 Å². The van der Waals surface area contributed by atoms with E-state index in [1.807, 2.05) is 0 Å². The molecule has 0 heterocycles. The Morgan fingerprint density at radius 3 is 2.50 bits per heavy atom. The fraction of sp³-hybridized carbons (Fsp3) is 0.417. The molecule has 0 unspecified atom stereocenters. The number of aromatic carboxylic acids is 1. The first kappa shape index (κ1) is 15.3. The summed E-state index contributed by atoms with van der Waals surface area (Å²) in [5.41, 5.74) is 6.47. The van der Waals surface area contributed by atoms with E-state index in [0.29, 0.717) is 16.0 Å². The number of hydrogen-bond donors (Lipinski definition) is 3. The van der Waals surface area contributed by atoms with Crippen LogP contribution in [0, 0.1) is 5.92 Å². The summed E-state index contributed by atoms with van der Waals surface area (Å²) in [5, 5.41) is 18.9. The Morgan fingerprint density at radius 2 is 2.06 bits per heavy atom. The molecule has 0 amide bonds. The van der Waals surface area contributed by atoms with Crippen molar-refractivity contribution in [2.24, 2.45) is 11.7 Å². The van der Waals surface area contributed by atoms with Crippen molar-refractivity contribution in [3.8, 4) is 5.75 Å². The van der Waals surface area contributed by atoms with Gasteiger partial charge in [0.1, 0.15) is 11.3 Å². The second-order valence-corrected chi connectivity index (χ2v) is 5.33. The summed E-state index contributed by atoms with van der Waals surface area (Å²) in [6.07, 6.45) is 3.23. The lowest BCUT2D eigenvalue weighted by Gasteiger charge is -2.32. The van der Waals surface area contributed by atoms with Crippen LogP contribution in [-0.4, -0.2) is 16.2 Å². The summed E-state index contributed by atoms with van der Waals surface area (Å²) in [7, 11) is 0. The topological polar surface area (TPSA) is 83.6 Å². The Hall–Kier alpha value is -0.780. The van der Waals surface area contributed by atoms with Crippen LogP contribution in [0.15, 0.2) is 16.6 Å². The van der Waals surface area contributed by atoms with E-state index in [-0.39, 0.29) is 29.8 Å². The number of carboxylic acids is 1. The van der Waals surface area contributed by atoms with E-state index in [4.69, 9.17) is 10.8 Å². The van der Waals surface area contributed by atoms with E-state index in [1.54, 1.807) is 6.07 Å². The zero-order valence-corrected chi connectivity index (χ0v) is 12.0. The van der Waals surface area contributed by atoms with E-state index in [0.717, 1.165) is 19.3 Å². The van der Waals surface area contributed by atoms with Crippen LogP contribution in [0.1, 0.15) is 41.2 Å². The van der Waals surface area contributed by atoms with Crippen molar-refractivity contribution < 1.29 is 15.0 Å². The molecule has 6 heteroatoms. The third-order valence-electron chi connectivity index (χ3n) is 3.35. The van der Waals surface area contributed by atoms with Gasteiger partial charge in [0.05, 0.1) is 0 Å². The van der Waals surface area contributed by atoms with Crippen molar-refractivity contribution in [2.45, 2.75) is 25.3 Å². The number of carboxylic acid groups (broad SMARTS) is 1. The highest BCUT2D eigenvalue weighted by Crippen LogP contribution is 2.41. The van der Waals surface area contributed by atoms with Gasteiger partial charge in [0.15, 0.2) is 0 Å². The highest BCUT2D eigenvalue weighted by atomic mass is 79.9. The van der Waals surface area contributed by atoms with Crippen molar-refractivity contribution in [3.05, 3.63) is 27.7 Å². The first-order valence-corrected chi connectivity index (χ1v) is 6.31. The molecular formula is C12H15BrClNO3. The van der Waals surface area contributed by atoms with Crippen LogP contribution < -0.4 is 5.73 Å². The van der Waals surface area contributed by atoms with E-state index in [1.165, 1.54) is 6.07 Å². The number of carbonyl (C=O) groups is 1. The first-order valence-electron chi connectivity index (χ1n) is 5.52. The van der Waals surface area contributed by atoms with Crippen molar-refractivity contribution >= 4 is 34.3 Å². The van der Waals surface area contributed by atoms with Crippen LogP contribution in [0.4, 0.5) is 0 Å². The fourth-order valence-corrected chi connectivity index (χ4v) is 2.57. The molecule has 4 N–H and O–H groups in total. The number of benzene rings is 1. The van der Waals surface area contributed by atoms with Crippen LogP contribution >= 0.6 is 28.3 Å². The summed E-state index contributed by atoms with van der Waals surface area (Å²) in [6.45, 7) is 0. The molecule has 18 heavy (non-hydrogen) atoms. The van der Waals surface area contributed by atoms with Crippen LogP contribution in [0.3, 0.4) is 0 Å². The number of halogens is 2. The molecular weight excluding hydrogens is 321 g/mol. The lowest BCUT2D eigenvalue weighted by Crippen LogP contribution is -2.27. The average molecular weight is 337 g/mol. The van der Waals surface area contributed by atoms with Crippen molar-refractivity contribution in [3.63, 3.8) is 0 Å². The van der Waals surface area contributed by atoms with Crippen LogP contribution in [0.25, 0.3) is 0 Å². The minimum absolute atomic E-state index is 0. The smallest absolute Gasteiger partial charge is 0.339 e. The number of nitrogens with two attached hydrogens (primary N) is 1. The molecule has 1 fully saturated rings. The van der Waals surface area contributed by atoms with Crippen molar-refractivity contribution in [1.82, 2.24) is 0 Å². The Bertz CT molecular complexity index is 463. The SMILES string of the molecule is Cl.N[C@@H](c1cc(Br)cc(C(=O)O)c1O)C1CCC1. The largest absolute Gasteiger partial charge is 0.507 e. The van der Waals surface area contributed by atoms with Crippen LogP contribution in [0.5, 0.6) is 5.75 Å². The second kappa shape index (κ2) is 5.91. The zero-order chi connectivity index (χ0) is 12.6. The molecule has 4 nitrogen and oxygen atoms in total. The first-order chi connectivity index (χ1) is 8.00. The Labute approximate surface area is 120 Å². The lowest BCUT2D eigenvalue weighted by atomic mass is 9.77. The number of aromatic hydroxyl groups is 1. The van der Waals surface area contributed by atoms with Gasteiger partial charge in [-0.15, -0.1) is 12.4 Å². The van der Waals surface area contributed by atoms with Gasteiger partial charge in [-0.25, -0.2) is 4.79 Å². The highest BCUT2D eigenvalue weighted by Gasteiger charge is 2.29. The normalized spacial score (nSPS) is 16.6. The monoisotopic (exact) mass is 335 g/mol. The van der Waals surface area contributed by atoms with Crippen LogP contribution in [-0.2, 0) is 0 Å². The molecule has 1 aromatic rings. The second-order valence-electron chi connectivity index (χ2n) is 4.41.